The molecule has 1 aliphatic heterocycles. The molecule has 222 valence electrons. The lowest BCUT2D eigenvalue weighted by Gasteiger charge is -2.28. The molecule has 2 heterocycles. The van der Waals surface area contributed by atoms with Crippen molar-refractivity contribution in [3.63, 3.8) is 0 Å². The van der Waals surface area contributed by atoms with Crippen LogP contribution < -0.4 is 16.5 Å². The van der Waals surface area contributed by atoms with E-state index >= 15 is 0 Å². The third kappa shape index (κ3) is 9.63. The second-order valence-corrected chi connectivity index (χ2v) is 15.8. The van der Waals surface area contributed by atoms with E-state index in [0.717, 1.165) is 16.3 Å². The number of nitrogens with two attached hydrogens (primary N) is 1. The molecule has 5 atom stereocenters. The SMILES string of the molecule is CC(C)OC(=O)[C@@H](C)N[P@](=S)(OCCSC(=O)C(C)(C)C)OC[C@H]1O[C@@H](n2ccc(N)nc2=O)C(Cl)(Cl)[C@@H]1O. The number of hydrogen-bond acceptors (Lipinski definition) is 12. The van der Waals surface area contributed by atoms with Crippen molar-refractivity contribution in [1.29, 1.82) is 0 Å². The highest BCUT2D eigenvalue weighted by molar-refractivity contribution is 8.13. The molecule has 39 heavy (non-hydrogen) atoms. The van der Waals surface area contributed by atoms with Gasteiger partial charge in [0.15, 0.2) is 15.7 Å². The highest BCUT2D eigenvalue weighted by atomic mass is 35.5. The van der Waals surface area contributed by atoms with E-state index in [2.05, 4.69) is 10.1 Å². The van der Waals surface area contributed by atoms with E-state index in [1.165, 1.54) is 19.2 Å². The molecule has 1 aromatic heterocycles. The molecule has 17 heteroatoms. The largest absolute Gasteiger partial charge is 0.462 e. The third-order valence-corrected chi connectivity index (χ3v) is 9.87. The van der Waals surface area contributed by atoms with Crippen molar-refractivity contribution in [3.8, 4) is 0 Å². The summed E-state index contributed by atoms with van der Waals surface area (Å²) in [6.07, 6.45) is -3.04. The maximum atomic E-state index is 12.4. The van der Waals surface area contributed by atoms with E-state index in [4.69, 9.17) is 59.3 Å². The highest BCUT2D eigenvalue weighted by Gasteiger charge is 2.56. The number of rotatable bonds is 12. The van der Waals surface area contributed by atoms with Crippen molar-refractivity contribution in [2.45, 2.75) is 76.5 Å². The lowest BCUT2D eigenvalue weighted by Crippen LogP contribution is -2.40. The molecule has 0 amide bonds. The van der Waals surface area contributed by atoms with Gasteiger partial charge in [-0.25, -0.2) is 9.88 Å². The van der Waals surface area contributed by atoms with E-state index in [1.807, 2.05) is 20.8 Å². The van der Waals surface area contributed by atoms with Gasteiger partial charge < -0.3 is 29.4 Å². The van der Waals surface area contributed by atoms with Gasteiger partial charge in [0, 0.05) is 17.4 Å². The van der Waals surface area contributed by atoms with Gasteiger partial charge in [-0.05, 0) is 38.6 Å². The second kappa shape index (κ2) is 13.9. The molecule has 1 saturated heterocycles. The van der Waals surface area contributed by atoms with Crippen LogP contribution in [0.15, 0.2) is 17.1 Å². The molecule has 0 saturated carbocycles. The van der Waals surface area contributed by atoms with Crippen molar-refractivity contribution in [2.24, 2.45) is 5.41 Å². The van der Waals surface area contributed by atoms with E-state index in [-0.39, 0.29) is 36.0 Å². The Kier molecular flexibility index (Phi) is 12.3. The number of aromatic nitrogens is 2. The summed E-state index contributed by atoms with van der Waals surface area (Å²) in [5, 5.41) is 13.6. The molecule has 4 N–H and O–H groups in total. The topological polar surface area (TPSA) is 164 Å². The van der Waals surface area contributed by atoms with E-state index in [1.54, 1.807) is 13.8 Å². The number of esters is 1. The van der Waals surface area contributed by atoms with Crippen LogP contribution in [0.1, 0.15) is 47.8 Å². The number of nitrogens with one attached hydrogen (secondary N) is 1. The number of aliphatic hydroxyl groups is 1. The minimum absolute atomic E-state index is 0.0131. The van der Waals surface area contributed by atoms with Gasteiger partial charge in [0.05, 0.1) is 19.3 Å². The summed E-state index contributed by atoms with van der Waals surface area (Å²) in [5.74, 6) is -0.299. The Hall–Kier alpha value is -0.800. The fourth-order valence-electron chi connectivity index (χ4n) is 3.13. The monoisotopic (exact) mass is 648 g/mol. The molecule has 0 spiro atoms. The zero-order valence-electron chi connectivity index (χ0n) is 22.5. The van der Waals surface area contributed by atoms with Crippen molar-refractivity contribution in [2.75, 3.05) is 24.7 Å². The number of carbonyl (C=O) groups excluding carboxylic acids is 2. The Bertz CT molecular complexity index is 1130. The molecule has 0 unspecified atom stereocenters. The summed E-state index contributed by atoms with van der Waals surface area (Å²) in [5.41, 5.74) is 4.22. The van der Waals surface area contributed by atoms with Gasteiger partial charge in [-0.1, -0.05) is 55.7 Å². The minimum atomic E-state index is -3.42. The smallest absolute Gasteiger partial charge is 0.351 e. The predicted octanol–water partition coefficient (Wildman–Crippen LogP) is 2.75. The molecule has 1 aromatic rings. The standard InChI is InChI=1S/C22H35Cl2N4O8PS2/c1-12(2)35-17(30)13(3)27-37(38,33-9-10-39-19(31)21(4,5)6)34-11-14-16(29)22(23,24)18(36-14)28-8-7-15(25)26-20(28)32/h7-8,12-14,16,18,29H,9-11H2,1-6H3,(H,27,38)(H2,25,26,32)/t13-,14-,16-,18-,37+/m1/s1. The Morgan fingerprint density at radius 2 is 2.00 bits per heavy atom. The maximum Gasteiger partial charge on any atom is 0.351 e. The Balaban J connectivity index is 2.16. The molecule has 1 aliphatic rings. The van der Waals surface area contributed by atoms with Crippen LogP contribution in [0.2, 0.25) is 0 Å². The average molecular weight is 650 g/mol. The zero-order valence-corrected chi connectivity index (χ0v) is 26.5. The van der Waals surface area contributed by atoms with Gasteiger partial charge in [-0.2, -0.15) is 4.98 Å². The van der Waals surface area contributed by atoms with E-state index < -0.39 is 52.5 Å². The fourth-order valence-corrected chi connectivity index (χ4v) is 6.99. The van der Waals surface area contributed by atoms with Crippen LogP contribution in [0.4, 0.5) is 5.82 Å². The molecular formula is C22H35Cl2N4O8PS2. The normalized spacial score (nSPS) is 23.4. The van der Waals surface area contributed by atoms with Gasteiger partial charge in [0.25, 0.3) is 6.64 Å². The summed E-state index contributed by atoms with van der Waals surface area (Å²) in [6.45, 7) is 6.63. The predicted molar refractivity (Wildman–Crippen MR) is 154 cm³/mol. The van der Waals surface area contributed by atoms with Crippen molar-refractivity contribution in [1.82, 2.24) is 14.6 Å². The van der Waals surface area contributed by atoms with Crippen LogP contribution in [0.5, 0.6) is 0 Å². The van der Waals surface area contributed by atoms with Crippen molar-refractivity contribution < 1.29 is 33.2 Å². The Labute approximate surface area is 246 Å². The van der Waals surface area contributed by atoms with Crippen molar-refractivity contribution in [3.05, 3.63) is 22.7 Å². The summed E-state index contributed by atoms with van der Waals surface area (Å²) >= 11 is 19.5. The molecule has 0 aliphatic carbocycles. The van der Waals surface area contributed by atoms with Crippen LogP contribution in [0, 0.1) is 5.41 Å². The lowest BCUT2D eigenvalue weighted by molar-refractivity contribution is -0.149. The molecule has 0 aromatic carbocycles. The first-order chi connectivity index (χ1) is 17.9. The molecule has 1 fully saturated rings. The van der Waals surface area contributed by atoms with Gasteiger partial charge >= 0.3 is 11.7 Å². The number of nitrogens with zero attached hydrogens (tertiary/aromatic N) is 2. The minimum Gasteiger partial charge on any atom is -0.462 e. The first-order valence-electron chi connectivity index (χ1n) is 12.0. The summed E-state index contributed by atoms with van der Waals surface area (Å²) < 4.78 is 21.8. The van der Waals surface area contributed by atoms with Crippen LogP contribution in [-0.4, -0.2) is 73.4 Å². The van der Waals surface area contributed by atoms with E-state index in [9.17, 15) is 19.5 Å². The number of anilines is 1. The zero-order chi connectivity index (χ0) is 29.8. The number of carbonyl (C=O) groups is 2. The molecule has 0 radical (unpaired) electrons. The average Bonchev–Trinajstić information content (AvgIpc) is 3.03. The van der Waals surface area contributed by atoms with Crippen LogP contribution in [0.25, 0.3) is 0 Å². The number of hydrogen-bond donors (Lipinski definition) is 3. The van der Waals surface area contributed by atoms with Gasteiger partial charge in [-0.15, -0.1) is 0 Å². The molecule has 2 rings (SSSR count). The number of halogens is 2. The summed E-state index contributed by atoms with van der Waals surface area (Å²) in [4.78, 5) is 40.6. The number of aliphatic hydroxyl groups excluding tert-OH is 1. The molecular weight excluding hydrogens is 614 g/mol. The molecule has 0 bridgehead atoms. The van der Waals surface area contributed by atoms with Gasteiger partial charge in [0.1, 0.15) is 24.1 Å². The quantitative estimate of drug-likeness (QED) is 0.131. The lowest BCUT2D eigenvalue weighted by atomic mass is 10.00. The summed E-state index contributed by atoms with van der Waals surface area (Å²) in [7, 11) is 0. The second-order valence-electron chi connectivity index (χ2n) is 10.0. The number of thioether (sulfide) groups is 1. The number of ether oxygens (including phenoxy) is 2. The number of alkyl halides is 2. The first kappa shape index (κ1) is 34.4. The van der Waals surface area contributed by atoms with Crippen LogP contribution >= 0.6 is 41.6 Å². The highest BCUT2D eigenvalue weighted by Crippen LogP contribution is 2.49. The third-order valence-electron chi connectivity index (χ3n) is 5.14. The Morgan fingerprint density at radius 1 is 1.36 bits per heavy atom. The van der Waals surface area contributed by atoms with Gasteiger partial charge in [0.2, 0.25) is 0 Å². The Morgan fingerprint density at radius 3 is 2.56 bits per heavy atom. The van der Waals surface area contributed by atoms with E-state index in [0.29, 0.717) is 0 Å². The first-order valence-corrected chi connectivity index (χ1v) is 16.4. The fraction of sp³-hybridized carbons (Fsp3) is 0.727. The van der Waals surface area contributed by atoms with Crippen LogP contribution in [-0.2, 0) is 39.9 Å². The number of nitrogen functional groups attached to an aromatic ring is 1. The van der Waals surface area contributed by atoms with Gasteiger partial charge in [-0.3, -0.25) is 14.2 Å². The summed E-state index contributed by atoms with van der Waals surface area (Å²) in [6, 6.07) is 0.450. The maximum absolute atomic E-state index is 12.4. The molecule has 12 nitrogen and oxygen atoms in total. The van der Waals surface area contributed by atoms with Crippen molar-refractivity contribution >= 4 is 70.3 Å². The van der Waals surface area contributed by atoms with Crippen LogP contribution in [0.3, 0.4) is 0 Å².